The maximum Gasteiger partial charge on any atom is 0.242 e. The Morgan fingerprint density at radius 3 is 2.52 bits per heavy atom. The molecular weight excluding hydrogens is 338 g/mol. The van der Waals surface area contributed by atoms with Crippen LogP contribution in [0.2, 0.25) is 0 Å². The first-order chi connectivity index (χ1) is 13.2. The number of carbonyl (C=O) groups is 1. The Morgan fingerprint density at radius 2 is 1.93 bits per heavy atom. The number of pyridine rings is 1. The summed E-state index contributed by atoms with van der Waals surface area (Å²) in [6.45, 7) is 7.01. The van der Waals surface area contributed by atoms with Gasteiger partial charge in [-0.15, -0.1) is 0 Å². The number of hydrogen-bond acceptors (Lipinski definition) is 4. The van der Waals surface area contributed by atoms with Gasteiger partial charge in [-0.1, -0.05) is 50.2 Å². The van der Waals surface area contributed by atoms with Crippen LogP contribution >= 0.6 is 0 Å². The van der Waals surface area contributed by atoms with Gasteiger partial charge in [0.1, 0.15) is 6.04 Å². The molecule has 1 saturated carbocycles. The second kappa shape index (κ2) is 9.51. The van der Waals surface area contributed by atoms with E-state index in [1.165, 1.54) is 12.8 Å². The van der Waals surface area contributed by atoms with E-state index in [1.54, 1.807) is 6.20 Å². The van der Waals surface area contributed by atoms with Gasteiger partial charge < -0.3 is 10.1 Å². The van der Waals surface area contributed by atoms with Gasteiger partial charge in [0, 0.05) is 18.8 Å². The molecular formula is C22H29N3O2. The van der Waals surface area contributed by atoms with Crippen LogP contribution in [0.1, 0.15) is 43.9 Å². The molecule has 0 aliphatic heterocycles. The van der Waals surface area contributed by atoms with Crippen LogP contribution in [0, 0.1) is 5.92 Å². The van der Waals surface area contributed by atoms with Gasteiger partial charge in [-0.05, 0) is 43.0 Å². The molecule has 1 atom stereocenters. The Morgan fingerprint density at radius 1 is 1.19 bits per heavy atom. The van der Waals surface area contributed by atoms with Crippen molar-refractivity contribution in [1.82, 2.24) is 15.2 Å². The summed E-state index contributed by atoms with van der Waals surface area (Å²) in [5, 5.41) is 3.06. The third kappa shape index (κ3) is 5.54. The van der Waals surface area contributed by atoms with Gasteiger partial charge >= 0.3 is 0 Å². The van der Waals surface area contributed by atoms with Crippen molar-refractivity contribution in [2.45, 2.75) is 39.3 Å². The topological polar surface area (TPSA) is 54.5 Å². The van der Waals surface area contributed by atoms with Crippen molar-refractivity contribution in [3.05, 3.63) is 59.8 Å². The van der Waals surface area contributed by atoms with Gasteiger partial charge in [-0.25, -0.2) is 4.98 Å². The fraction of sp³-hybridized carbons (Fsp3) is 0.455. The lowest BCUT2D eigenvalue weighted by molar-refractivity contribution is -0.126. The van der Waals surface area contributed by atoms with Gasteiger partial charge in [0.2, 0.25) is 11.8 Å². The molecule has 2 aromatic rings. The van der Waals surface area contributed by atoms with Crippen LogP contribution < -0.4 is 10.1 Å². The zero-order chi connectivity index (χ0) is 19.1. The van der Waals surface area contributed by atoms with Gasteiger partial charge in [-0.3, -0.25) is 9.69 Å². The standard InChI is InChI=1S/C22H29N3O2/c1-3-25(4-2)21(19-8-6-5-7-9-19)22(26)24-15-18-12-13-20(23-14-18)27-16-17-10-11-17/h5-9,12-14,17,21H,3-4,10-11,15-16H2,1-2H3,(H,24,26). The molecule has 1 aliphatic carbocycles. The molecule has 0 saturated heterocycles. The molecule has 0 radical (unpaired) electrons. The SMILES string of the molecule is CCN(CC)C(C(=O)NCc1ccc(OCC2CC2)nc1)c1ccccc1. The number of hydrogen-bond donors (Lipinski definition) is 1. The first-order valence-corrected chi connectivity index (χ1v) is 9.85. The third-order valence-electron chi connectivity index (χ3n) is 4.97. The first kappa shape index (κ1) is 19.4. The summed E-state index contributed by atoms with van der Waals surface area (Å²) in [6.07, 6.45) is 4.30. The monoisotopic (exact) mass is 367 g/mol. The van der Waals surface area contributed by atoms with Crippen LogP contribution in [0.4, 0.5) is 0 Å². The van der Waals surface area contributed by atoms with Crippen LogP contribution in [0.3, 0.4) is 0 Å². The Bertz CT molecular complexity index is 710. The molecule has 5 nitrogen and oxygen atoms in total. The molecule has 1 aromatic heterocycles. The van der Waals surface area contributed by atoms with E-state index in [1.807, 2.05) is 42.5 Å². The molecule has 1 fully saturated rings. The Labute approximate surface area is 161 Å². The Kier molecular flexibility index (Phi) is 6.82. The average Bonchev–Trinajstić information content (AvgIpc) is 3.54. The summed E-state index contributed by atoms with van der Waals surface area (Å²) < 4.78 is 5.66. The maximum absolute atomic E-state index is 12.9. The van der Waals surface area contributed by atoms with Gasteiger partial charge in [0.15, 0.2) is 0 Å². The van der Waals surface area contributed by atoms with E-state index in [9.17, 15) is 4.79 Å². The van der Waals surface area contributed by atoms with Crippen LogP contribution in [0.25, 0.3) is 0 Å². The number of rotatable bonds is 10. The zero-order valence-corrected chi connectivity index (χ0v) is 16.2. The Hall–Kier alpha value is -2.40. The molecule has 5 heteroatoms. The number of benzene rings is 1. The zero-order valence-electron chi connectivity index (χ0n) is 16.2. The highest BCUT2D eigenvalue weighted by Crippen LogP contribution is 2.29. The predicted molar refractivity (Wildman–Crippen MR) is 106 cm³/mol. The minimum absolute atomic E-state index is 0.0129. The van der Waals surface area contributed by atoms with Crippen LogP contribution in [0.15, 0.2) is 48.7 Å². The molecule has 1 amide bonds. The average molecular weight is 367 g/mol. The van der Waals surface area contributed by atoms with E-state index in [2.05, 4.69) is 29.0 Å². The largest absolute Gasteiger partial charge is 0.477 e. The number of carbonyl (C=O) groups excluding carboxylic acids is 1. The minimum Gasteiger partial charge on any atom is -0.477 e. The number of aromatic nitrogens is 1. The molecule has 27 heavy (non-hydrogen) atoms. The predicted octanol–water partition coefficient (Wildman–Crippen LogP) is 3.57. The molecule has 0 spiro atoms. The summed E-state index contributed by atoms with van der Waals surface area (Å²) in [4.78, 5) is 19.4. The summed E-state index contributed by atoms with van der Waals surface area (Å²) in [5.74, 6) is 1.38. The fourth-order valence-electron chi connectivity index (χ4n) is 3.13. The lowest BCUT2D eigenvalue weighted by Gasteiger charge is -2.29. The molecule has 1 aliphatic rings. The van der Waals surface area contributed by atoms with Gasteiger partial charge in [0.25, 0.3) is 0 Å². The van der Waals surface area contributed by atoms with E-state index in [0.717, 1.165) is 30.8 Å². The van der Waals surface area contributed by atoms with Crippen LogP contribution in [-0.2, 0) is 11.3 Å². The quantitative estimate of drug-likeness (QED) is 0.697. The molecule has 1 aromatic carbocycles. The third-order valence-corrected chi connectivity index (χ3v) is 4.97. The van der Waals surface area contributed by atoms with E-state index in [4.69, 9.17) is 4.74 Å². The molecule has 1 heterocycles. The van der Waals surface area contributed by atoms with Crippen molar-refractivity contribution in [1.29, 1.82) is 0 Å². The lowest BCUT2D eigenvalue weighted by atomic mass is 10.0. The number of nitrogens with zero attached hydrogens (tertiary/aromatic N) is 2. The Balaban J connectivity index is 1.59. The second-order valence-corrected chi connectivity index (χ2v) is 7.01. The number of likely N-dealkylation sites (N-methyl/N-ethyl adjacent to an activating group) is 1. The van der Waals surface area contributed by atoms with Crippen molar-refractivity contribution < 1.29 is 9.53 Å². The summed E-state index contributed by atoms with van der Waals surface area (Å²) in [7, 11) is 0. The second-order valence-electron chi connectivity index (χ2n) is 7.01. The van der Waals surface area contributed by atoms with Crippen molar-refractivity contribution in [2.75, 3.05) is 19.7 Å². The maximum atomic E-state index is 12.9. The number of nitrogens with one attached hydrogen (secondary N) is 1. The van der Waals surface area contributed by atoms with Crippen LogP contribution in [0.5, 0.6) is 5.88 Å². The van der Waals surface area contributed by atoms with Crippen molar-refractivity contribution >= 4 is 5.91 Å². The fourth-order valence-corrected chi connectivity index (χ4v) is 3.13. The van der Waals surface area contributed by atoms with Crippen LogP contribution in [-0.4, -0.2) is 35.5 Å². The molecule has 3 rings (SSSR count). The smallest absolute Gasteiger partial charge is 0.242 e. The first-order valence-electron chi connectivity index (χ1n) is 9.85. The summed E-state index contributed by atoms with van der Waals surface area (Å²) in [6, 6.07) is 13.5. The van der Waals surface area contributed by atoms with Crippen molar-refractivity contribution in [3.63, 3.8) is 0 Å². The molecule has 1 unspecified atom stereocenters. The van der Waals surface area contributed by atoms with Crippen molar-refractivity contribution in [2.24, 2.45) is 5.92 Å². The normalized spacial score (nSPS) is 14.8. The summed E-state index contributed by atoms with van der Waals surface area (Å²) in [5.41, 5.74) is 1.98. The van der Waals surface area contributed by atoms with E-state index in [0.29, 0.717) is 18.3 Å². The van der Waals surface area contributed by atoms with E-state index < -0.39 is 0 Å². The molecule has 144 valence electrons. The minimum atomic E-state index is -0.282. The van der Waals surface area contributed by atoms with Gasteiger partial charge in [-0.2, -0.15) is 0 Å². The van der Waals surface area contributed by atoms with E-state index >= 15 is 0 Å². The van der Waals surface area contributed by atoms with Gasteiger partial charge in [0.05, 0.1) is 6.61 Å². The lowest BCUT2D eigenvalue weighted by Crippen LogP contribution is -2.40. The van der Waals surface area contributed by atoms with E-state index in [-0.39, 0.29) is 11.9 Å². The highest BCUT2D eigenvalue weighted by atomic mass is 16.5. The number of ether oxygens (including phenoxy) is 1. The molecule has 0 bridgehead atoms. The number of amides is 1. The van der Waals surface area contributed by atoms with Crippen molar-refractivity contribution in [3.8, 4) is 5.88 Å². The molecule has 1 N–H and O–H groups in total. The summed E-state index contributed by atoms with van der Waals surface area (Å²) >= 11 is 0. The highest BCUT2D eigenvalue weighted by molar-refractivity contribution is 5.83. The highest BCUT2D eigenvalue weighted by Gasteiger charge is 2.25.